The molecule has 2 heterocycles. The maximum atomic E-state index is 12.0. The van der Waals surface area contributed by atoms with Gasteiger partial charge in [-0.15, -0.1) is 16.4 Å². The molecule has 0 spiro atoms. The molecule has 100 valence electrons. The Morgan fingerprint density at radius 3 is 2.47 bits per heavy atom. The molecule has 0 radical (unpaired) electrons. The zero-order valence-corrected chi connectivity index (χ0v) is 12.2. The summed E-state index contributed by atoms with van der Waals surface area (Å²) in [5.41, 5.74) is 3.21. The molecule has 2 aromatic rings. The summed E-state index contributed by atoms with van der Waals surface area (Å²) in [6.45, 7) is 8.00. The lowest BCUT2D eigenvalue weighted by Gasteiger charge is -2.16. The molecule has 0 bridgehead atoms. The smallest absolute Gasteiger partial charge is 0.268 e. The molecular formula is C13H16N4OS. The van der Waals surface area contributed by atoms with Crippen molar-refractivity contribution in [3.8, 4) is 0 Å². The summed E-state index contributed by atoms with van der Waals surface area (Å²) in [5, 5.41) is 10.9. The maximum absolute atomic E-state index is 12.0. The Hall–Kier alpha value is -1.82. The molecule has 2 rings (SSSR count). The number of hydrogen-bond donors (Lipinski definition) is 1. The number of anilines is 1. The van der Waals surface area contributed by atoms with Crippen molar-refractivity contribution < 1.29 is 4.79 Å². The molecule has 6 heteroatoms. The molecule has 0 aliphatic rings. The van der Waals surface area contributed by atoms with E-state index in [9.17, 15) is 4.79 Å². The molecule has 0 unspecified atom stereocenters. The topological polar surface area (TPSA) is 67.8 Å². The molecule has 1 amide bonds. The highest BCUT2D eigenvalue weighted by Gasteiger charge is 2.17. The minimum absolute atomic E-state index is 0.0518. The Kier molecular flexibility index (Phi) is 3.61. The number of nitrogens with one attached hydrogen (secondary N) is 1. The van der Waals surface area contributed by atoms with Gasteiger partial charge in [0.05, 0.1) is 16.9 Å². The van der Waals surface area contributed by atoms with Gasteiger partial charge in [-0.3, -0.25) is 4.79 Å². The van der Waals surface area contributed by atoms with Crippen LogP contribution in [0.15, 0.2) is 17.6 Å². The summed E-state index contributed by atoms with van der Waals surface area (Å²) in [7, 11) is 0. The van der Waals surface area contributed by atoms with Crippen LogP contribution >= 0.6 is 11.3 Å². The van der Waals surface area contributed by atoms with Crippen LogP contribution in [0.25, 0.3) is 0 Å². The summed E-state index contributed by atoms with van der Waals surface area (Å²) < 4.78 is 0. The number of nitrogens with zero attached hydrogens (tertiary/aromatic N) is 3. The molecule has 0 aromatic carbocycles. The first-order valence-electron chi connectivity index (χ1n) is 5.93. The van der Waals surface area contributed by atoms with Crippen molar-refractivity contribution >= 4 is 23.1 Å². The molecule has 0 atom stereocenters. The van der Waals surface area contributed by atoms with Crippen LogP contribution in [0.5, 0.6) is 0 Å². The van der Waals surface area contributed by atoms with Crippen LogP contribution < -0.4 is 5.32 Å². The predicted octanol–water partition coefficient (Wildman–Crippen LogP) is 2.79. The van der Waals surface area contributed by atoms with Gasteiger partial charge in [-0.1, -0.05) is 20.8 Å². The summed E-state index contributed by atoms with van der Waals surface area (Å²) in [4.78, 5) is 16.6. The Bertz CT molecular complexity index is 583. The largest absolute Gasteiger partial charge is 0.304 e. The van der Waals surface area contributed by atoms with Crippen molar-refractivity contribution in [2.45, 2.75) is 33.1 Å². The molecule has 0 aliphatic carbocycles. The highest BCUT2D eigenvalue weighted by Crippen LogP contribution is 2.20. The van der Waals surface area contributed by atoms with Crippen molar-refractivity contribution in [1.29, 1.82) is 0 Å². The van der Waals surface area contributed by atoms with Crippen molar-refractivity contribution in [2.24, 2.45) is 0 Å². The van der Waals surface area contributed by atoms with Gasteiger partial charge in [0, 0.05) is 5.41 Å². The fourth-order valence-corrected chi connectivity index (χ4v) is 2.19. The van der Waals surface area contributed by atoms with E-state index in [1.54, 1.807) is 18.5 Å². The second kappa shape index (κ2) is 5.05. The Balaban J connectivity index is 2.12. The number of aromatic nitrogens is 3. The van der Waals surface area contributed by atoms with Gasteiger partial charge in [-0.05, 0) is 19.1 Å². The number of carbonyl (C=O) groups excluding carboxylic acids is 1. The zero-order chi connectivity index (χ0) is 14.0. The second-order valence-corrected chi connectivity index (χ2v) is 6.13. The molecule has 0 fully saturated rings. The molecular weight excluding hydrogens is 260 g/mol. The maximum Gasteiger partial charge on any atom is 0.268 e. The monoisotopic (exact) mass is 276 g/mol. The molecule has 5 nitrogen and oxygen atoms in total. The minimum atomic E-state index is -0.196. The summed E-state index contributed by atoms with van der Waals surface area (Å²) in [6.07, 6.45) is 0. The summed E-state index contributed by atoms with van der Waals surface area (Å²) in [6, 6.07) is 3.64. The molecule has 0 saturated heterocycles. The minimum Gasteiger partial charge on any atom is -0.304 e. The van der Waals surface area contributed by atoms with Gasteiger partial charge in [0.1, 0.15) is 4.88 Å². The Labute approximate surface area is 116 Å². The fourth-order valence-electron chi connectivity index (χ4n) is 1.49. The zero-order valence-electron chi connectivity index (χ0n) is 11.4. The average Bonchev–Trinajstić information content (AvgIpc) is 2.75. The number of aryl methyl sites for hydroxylation is 1. The van der Waals surface area contributed by atoms with E-state index in [4.69, 9.17) is 0 Å². The Morgan fingerprint density at radius 2 is 2.00 bits per heavy atom. The lowest BCUT2D eigenvalue weighted by Crippen LogP contribution is -2.17. The van der Waals surface area contributed by atoms with Gasteiger partial charge in [-0.25, -0.2) is 4.98 Å². The third-order valence-electron chi connectivity index (χ3n) is 2.63. The van der Waals surface area contributed by atoms with E-state index in [0.29, 0.717) is 10.7 Å². The first-order chi connectivity index (χ1) is 8.88. The lowest BCUT2D eigenvalue weighted by molar-refractivity contribution is 0.102. The first-order valence-corrected chi connectivity index (χ1v) is 6.81. The van der Waals surface area contributed by atoms with Gasteiger partial charge in [0.25, 0.3) is 5.91 Å². The van der Waals surface area contributed by atoms with Crippen molar-refractivity contribution in [3.05, 3.63) is 33.9 Å². The van der Waals surface area contributed by atoms with Crippen LogP contribution in [-0.4, -0.2) is 21.1 Å². The highest BCUT2D eigenvalue weighted by atomic mass is 32.1. The van der Waals surface area contributed by atoms with Gasteiger partial charge in [-0.2, -0.15) is 5.10 Å². The molecule has 2 aromatic heterocycles. The van der Waals surface area contributed by atoms with Crippen LogP contribution in [0.3, 0.4) is 0 Å². The fraction of sp³-hybridized carbons (Fsp3) is 0.385. The normalized spacial score (nSPS) is 11.4. The summed E-state index contributed by atoms with van der Waals surface area (Å²) in [5.74, 6) is 0.253. The van der Waals surface area contributed by atoms with Crippen LogP contribution in [0, 0.1) is 6.92 Å². The number of rotatable bonds is 2. The van der Waals surface area contributed by atoms with E-state index in [-0.39, 0.29) is 11.3 Å². The third-order valence-corrected chi connectivity index (χ3v) is 3.55. The van der Waals surface area contributed by atoms with Gasteiger partial charge < -0.3 is 5.32 Å². The van der Waals surface area contributed by atoms with E-state index in [2.05, 4.69) is 41.3 Å². The lowest BCUT2D eigenvalue weighted by atomic mass is 9.92. The van der Waals surface area contributed by atoms with E-state index in [0.717, 1.165) is 11.4 Å². The van der Waals surface area contributed by atoms with E-state index in [1.165, 1.54) is 11.3 Å². The van der Waals surface area contributed by atoms with Crippen molar-refractivity contribution in [1.82, 2.24) is 15.2 Å². The van der Waals surface area contributed by atoms with E-state index in [1.807, 2.05) is 6.07 Å². The number of amides is 1. The quantitative estimate of drug-likeness (QED) is 0.915. The molecule has 1 N–H and O–H groups in total. The van der Waals surface area contributed by atoms with Crippen LogP contribution in [0.2, 0.25) is 0 Å². The SMILES string of the molecule is Cc1ncsc1C(=O)Nc1ccc(C(C)(C)C)nn1. The Morgan fingerprint density at radius 1 is 1.26 bits per heavy atom. The van der Waals surface area contributed by atoms with Crippen molar-refractivity contribution in [3.63, 3.8) is 0 Å². The number of carbonyl (C=O) groups is 1. The first kappa shape index (κ1) is 13.6. The van der Waals surface area contributed by atoms with Gasteiger partial charge in [0.15, 0.2) is 5.82 Å². The van der Waals surface area contributed by atoms with Gasteiger partial charge in [0.2, 0.25) is 0 Å². The number of hydrogen-bond acceptors (Lipinski definition) is 5. The predicted molar refractivity (Wildman–Crippen MR) is 75.5 cm³/mol. The van der Waals surface area contributed by atoms with E-state index >= 15 is 0 Å². The van der Waals surface area contributed by atoms with Gasteiger partial charge >= 0.3 is 0 Å². The highest BCUT2D eigenvalue weighted by molar-refractivity contribution is 7.12. The molecule has 0 saturated carbocycles. The molecule has 19 heavy (non-hydrogen) atoms. The van der Waals surface area contributed by atoms with Crippen molar-refractivity contribution in [2.75, 3.05) is 5.32 Å². The van der Waals surface area contributed by atoms with Crippen LogP contribution in [0.1, 0.15) is 41.8 Å². The third kappa shape index (κ3) is 3.14. The average molecular weight is 276 g/mol. The second-order valence-electron chi connectivity index (χ2n) is 5.27. The standard InChI is InChI=1S/C13H16N4OS/c1-8-11(19-7-14-8)12(18)15-10-6-5-9(16-17-10)13(2,3)4/h5-7H,1-4H3,(H,15,17,18). The van der Waals surface area contributed by atoms with Crippen LogP contribution in [-0.2, 0) is 5.41 Å². The molecule has 0 aliphatic heterocycles. The summed E-state index contributed by atoms with van der Waals surface area (Å²) >= 11 is 1.31. The van der Waals surface area contributed by atoms with Crippen LogP contribution in [0.4, 0.5) is 5.82 Å². The van der Waals surface area contributed by atoms with E-state index < -0.39 is 0 Å². The number of thiazole rings is 1.